The molecule has 0 aromatic heterocycles. The van der Waals surface area contributed by atoms with Crippen LogP contribution in [-0.2, 0) is 11.3 Å². The highest BCUT2D eigenvalue weighted by molar-refractivity contribution is 5.80. The van der Waals surface area contributed by atoms with Gasteiger partial charge in [0, 0.05) is 18.7 Å². The molecule has 6 nitrogen and oxygen atoms in total. The standard InChI is InChI=1S/C11H11N3O3/c1-8(6-12)11(15)13-7-9-3-2-4-10(5-9)14(16)17/h2-5,8H,7H2,1H3,(H,13,15). The number of rotatable bonds is 4. The van der Waals surface area contributed by atoms with Crippen LogP contribution in [0.15, 0.2) is 24.3 Å². The van der Waals surface area contributed by atoms with E-state index in [1.54, 1.807) is 12.1 Å². The van der Waals surface area contributed by atoms with Crippen molar-refractivity contribution in [1.29, 1.82) is 5.26 Å². The summed E-state index contributed by atoms with van der Waals surface area (Å²) in [4.78, 5) is 21.3. The summed E-state index contributed by atoms with van der Waals surface area (Å²) in [6.07, 6.45) is 0. The van der Waals surface area contributed by atoms with Crippen LogP contribution < -0.4 is 5.32 Å². The number of nitrogens with zero attached hydrogens (tertiary/aromatic N) is 2. The summed E-state index contributed by atoms with van der Waals surface area (Å²) in [6.45, 7) is 1.66. The van der Waals surface area contributed by atoms with Crippen LogP contribution in [0.4, 0.5) is 5.69 Å². The van der Waals surface area contributed by atoms with Gasteiger partial charge in [0.05, 0.1) is 11.0 Å². The van der Waals surface area contributed by atoms with E-state index in [4.69, 9.17) is 5.26 Å². The largest absolute Gasteiger partial charge is 0.351 e. The highest BCUT2D eigenvalue weighted by atomic mass is 16.6. The molecular weight excluding hydrogens is 222 g/mol. The van der Waals surface area contributed by atoms with Gasteiger partial charge >= 0.3 is 0 Å². The van der Waals surface area contributed by atoms with Gasteiger partial charge in [-0.15, -0.1) is 0 Å². The van der Waals surface area contributed by atoms with Gasteiger partial charge in [0.1, 0.15) is 5.92 Å². The van der Waals surface area contributed by atoms with Crippen molar-refractivity contribution in [3.8, 4) is 6.07 Å². The Morgan fingerprint density at radius 3 is 2.94 bits per heavy atom. The van der Waals surface area contributed by atoms with Crippen LogP contribution in [0.3, 0.4) is 0 Å². The predicted molar refractivity (Wildman–Crippen MR) is 59.7 cm³/mol. The Morgan fingerprint density at radius 2 is 2.35 bits per heavy atom. The van der Waals surface area contributed by atoms with E-state index in [9.17, 15) is 14.9 Å². The van der Waals surface area contributed by atoms with Crippen LogP contribution in [-0.4, -0.2) is 10.8 Å². The number of non-ortho nitro benzene ring substituents is 1. The number of amides is 1. The van der Waals surface area contributed by atoms with Crippen molar-refractivity contribution in [3.63, 3.8) is 0 Å². The summed E-state index contributed by atoms with van der Waals surface area (Å²) in [5, 5.41) is 21.6. The van der Waals surface area contributed by atoms with Gasteiger partial charge in [0.25, 0.3) is 5.69 Å². The summed E-state index contributed by atoms with van der Waals surface area (Å²) in [6, 6.07) is 7.79. The minimum absolute atomic E-state index is 0.0231. The fourth-order valence-corrected chi connectivity index (χ4v) is 1.18. The molecule has 17 heavy (non-hydrogen) atoms. The van der Waals surface area contributed by atoms with Gasteiger partial charge in [-0.3, -0.25) is 14.9 Å². The van der Waals surface area contributed by atoms with E-state index < -0.39 is 10.8 Å². The fraction of sp³-hybridized carbons (Fsp3) is 0.273. The highest BCUT2D eigenvalue weighted by Gasteiger charge is 2.11. The third-order valence-corrected chi connectivity index (χ3v) is 2.18. The molecule has 1 amide bonds. The average molecular weight is 233 g/mol. The Hall–Kier alpha value is -2.42. The summed E-state index contributed by atoms with van der Waals surface area (Å²) in [5.41, 5.74) is 0.600. The minimum atomic E-state index is -0.728. The highest BCUT2D eigenvalue weighted by Crippen LogP contribution is 2.12. The molecule has 1 unspecified atom stereocenters. The van der Waals surface area contributed by atoms with E-state index in [0.29, 0.717) is 5.56 Å². The van der Waals surface area contributed by atoms with Crippen LogP contribution in [0.5, 0.6) is 0 Å². The molecule has 1 rings (SSSR count). The normalized spacial score (nSPS) is 11.3. The Kier molecular flexibility index (Phi) is 4.17. The number of nitro groups is 1. The smallest absolute Gasteiger partial charge is 0.269 e. The van der Waals surface area contributed by atoms with Crippen molar-refractivity contribution in [2.75, 3.05) is 0 Å². The number of hydrogen-bond donors (Lipinski definition) is 1. The molecule has 1 atom stereocenters. The van der Waals surface area contributed by atoms with Crippen molar-refractivity contribution in [3.05, 3.63) is 39.9 Å². The molecule has 1 N–H and O–H groups in total. The van der Waals surface area contributed by atoms with Crippen molar-refractivity contribution < 1.29 is 9.72 Å². The maximum atomic E-state index is 11.3. The molecule has 0 spiro atoms. The van der Waals surface area contributed by atoms with Gasteiger partial charge in [0.2, 0.25) is 5.91 Å². The van der Waals surface area contributed by atoms with Gasteiger partial charge in [-0.05, 0) is 12.5 Å². The fourth-order valence-electron chi connectivity index (χ4n) is 1.18. The molecule has 6 heteroatoms. The molecule has 0 aliphatic heterocycles. The molecule has 1 aromatic rings. The zero-order chi connectivity index (χ0) is 12.8. The first kappa shape index (κ1) is 12.6. The first-order valence-electron chi connectivity index (χ1n) is 4.95. The first-order valence-corrected chi connectivity index (χ1v) is 4.95. The lowest BCUT2D eigenvalue weighted by Gasteiger charge is -2.05. The monoisotopic (exact) mass is 233 g/mol. The minimum Gasteiger partial charge on any atom is -0.351 e. The number of nitro benzene ring substituents is 1. The topological polar surface area (TPSA) is 96.0 Å². The summed E-state index contributed by atoms with van der Waals surface area (Å²) < 4.78 is 0. The molecule has 0 saturated carbocycles. The van der Waals surface area contributed by atoms with E-state index in [0.717, 1.165) is 0 Å². The Balaban J connectivity index is 2.64. The lowest BCUT2D eigenvalue weighted by molar-refractivity contribution is -0.384. The second-order valence-electron chi connectivity index (χ2n) is 3.50. The van der Waals surface area contributed by atoms with E-state index in [1.165, 1.54) is 19.1 Å². The number of benzene rings is 1. The third kappa shape index (κ3) is 3.57. The molecule has 1 aromatic carbocycles. The maximum Gasteiger partial charge on any atom is 0.269 e. The number of nitriles is 1. The van der Waals surface area contributed by atoms with Crippen molar-refractivity contribution in [2.24, 2.45) is 5.92 Å². The number of nitrogens with one attached hydrogen (secondary N) is 1. The molecule has 0 aliphatic carbocycles. The van der Waals surface area contributed by atoms with Gasteiger partial charge in [-0.1, -0.05) is 12.1 Å². The zero-order valence-corrected chi connectivity index (χ0v) is 9.21. The number of carbonyl (C=O) groups excluding carboxylic acids is 1. The Morgan fingerprint density at radius 1 is 1.65 bits per heavy atom. The third-order valence-electron chi connectivity index (χ3n) is 2.18. The molecule has 0 heterocycles. The molecule has 0 fully saturated rings. The summed E-state index contributed by atoms with van der Waals surface area (Å²) >= 11 is 0. The van der Waals surface area contributed by atoms with Gasteiger partial charge < -0.3 is 5.32 Å². The molecular formula is C11H11N3O3. The summed E-state index contributed by atoms with van der Waals surface area (Å²) in [5.74, 6) is -1.12. The van der Waals surface area contributed by atoms with Crippen LogP contribution in [0.25, 0.3) is 0 Å². The Bertz CT molecular complexity index is 479. The number of carbonyl (C=O) groups is 1. The lowest BCUT2D eigenvalue weighted by Crippen LogP contribution is -2.27. The quantitative estimate of drug-likeness (QED) is 0.627. The van der Waals surface area contributed by atoms with Gasteiger partial charge in [-0.25, -0.2) is 0 Å². The second-order valence-corrected chi connectivity index (χ2v) is 3.50. The average Bonchev–Trinajstić information content (AvgIpc) is 2.35. The summed E-state index contributed by atoms with van der Waals surface area (Å²) in [7, 11) is 0. The van der Waals surface area contributed by atoms with Gasteiger partial charge in [0.15, 0.2) is 0 Å². The predicted octanol–water partition coefficient (Wildman–Crippen LogP) is 1.37. The SMILES string of the molecule is CC(C#N)C(=O)NCc1cccc([N+](=O)[O-])c1. The van der Waals surface area contributed by atoms with Crippen LogP contribution >= 0.6 is 0 Å². The van der Waals surface area contributed by atoms with Crippen molar-refractivity contribution in [2.45, 2.75) is 13.5 Å². The van der Waals surface area contributed by atoms with Gasteiger partial charge in [-0.2, -0.15) is 5.26 Å². The van der Waals surface area contributed by atoms with E-state index in [1.807, 2.05) is 6.07 Å². The van der Waals surface area contributed by atoms with Crippen LogP contribution in [0.2, 0.25) is 0 Å². The van der Waals surface area contributed by atoms with Crippen molar-refractivity contribution in [1.82, 2.24) is 5.32 Å². The van der Waals surface area contributed by atoms with E-state index in [-0.39, 0.29) is 18.1 Å². The first-order chi connectivity index (χ1) is 8.04. The van der Waals surface area contributed by atoms with Crippen molar-refractivity contribution >= 4 is 11.6 Å². The molecule has 88 valence electrons. The molecule has 0 bridgehead atoms. The van der Waals surface area contributed by atoms with E-state index >= 15 is 0 Å². The number of hydrogen-bond acceptors (Lipinski definition) is 4. The molecule has 0 saturated heterocycles. The van der Waals surface area contributed by atoms with Crippen LogP contribution in [0.1, 0.15) is 12.5 Å². The van der Waals surface area contributed by atoms with E-state index in [2.05, 4.69) is 5.32 Å². The lowest BCUT2D eigenvalue weighted by atomic mass is 10.1. The Labute approximate surface area is 98.0 Å². The molecule has 0 radical (unpaired) electrons. The second kappa shape index (κ2) is 5.61. The maximum absolute atomic E-state index is 11.3. The molecule has 0 aliphatic rings. The zero-order valence-electron chi connectivity index (χ0n) is 9.21. The van der Waals surface area contributed by atoms with Crippen LogP contribution in [0, 0.1) is 27.4 Å².